The Morgan fingerprint density at radius 2 is 1.78 bits per heavy atom. The highest BCUT2D eigenvalue weighted by molar-refractivity contribution is 5.92. The molecule has 1 atom stereocenters. The third kappa shape index (κ3) is 4.41. The first-order valence-electron chi connectivity index (χ1n) is 8.47. The number of carbonyl (C=O) groups excluding carboxylic acids is 3. The van der Waals surface area contributed by atoms with E-state index in [1.807, 2.05) is 30.3 Å². The van der Waals surface area contributed by atoms with Gasteiger partial charge in [0.25, 0.3) is 0 Å². The van der Waals surface area contributed by atoms with Gasteiger partial charge in [0.2, 0.25) is 0 Å². The van der Waals surface area contributed by atoms with Gasteiger partial charge in [-0.1, -0.05) is 42.5 Å². The number of nitrogens with zero attached hydrogens (tertiary/aromatic N) is 1. The first-order valence-corrected chi connectivity index (χ1v) is 8.47. The van der Waals surface area contributed by atoms with Gasteiger partial charge >= 0.3 is 12.1 Å². The number of esters is 1. The minimum atomic E-state index is -0.537. The lowest BCUT2D eigenvalue weighted by Crippen LogP contribution is -2.34. The number of amides is 1. The third-order valence-electron chi connectivity index (χ3n) is 4.28. The smallest absolute Gasteiger partial charge is 0.414 e. The van der Waals surface area contributed by atoms with Gasteiger partial charge in [0.05, 0.1) is 18.7 Å². The molecule has 3 rings (SSSR count). The topological polar surface area (TPSA) is 72.9 Å². The Hall–Kier alpha value is -3.41. The van der Waals surface area contributed by atoms with E-state index < -0.39 is 18.1 Å². The number of hydrogen-bond acceptors (Lipinski definition) is 5. The number of carbonyl (C=O) groups is 3. The van der Waals surface area contributed by atoms with Crippen molar-refractivity contribution in [3.8, 4) is 0 Å². The van der Waals surface area contributed by atoms with Crippen LogP contribution in [-0.2, 0) is 20.9 Å². The summed E-state index contributed by atoms with van der Waals surface area (Å²) in [6, 6.07) is 15.5. The van der Waals surface area contributed by atoms with Crippen molar-refractivity contribution in [3.63, 3.8) is 0 Å². The average Bonchev–Trinajstić information content (AvgIpc) is 2.72. The Bertz CT molecular complexity index is 858. The summed E-state index contributed by atoms with van der Waals surface area (Å²) in [6.45, 7) is 0.145. The zero-order chi connectivity index (χ0) is 19.2. The Labute approximate surface area is 157 Å². The van der Waals surface area contributed by atoms with E-state index >= 15 is 0 Å². The Balaban J connectivity index is 1.76. The zero-order valence-corrected chi connectivity index (χ0v) is 14.8. The third-order valence-corrected chi connectivity index (χ3v) is 4.28. The number of allylic oxidation sites excluding steroid dienone is 1. The van der Waals surface area contributed by atoms with Crippen LogP contribution in [0.5, 0.6) is 0 Å². The van der Waals surface area contributed by atoms with Gasteiger partial charge in [-0.3, -0.25) is 9.69 Å². The van der Waals surface area contributed by atoms with Crippen LogP contribution in [0, 0.1) is 0 Å². The zero-order valence-electron chi connectivity index (χ0n) is 14.8. The second-order valence-corrected chi connectivity index (χ2v) is 6.06. The van der Waals surface area contributed by atoms with Gasteiger partial charge in [0, 0.05) is 12.6 Å². The molecule has 2 aromatic carbocycles. The number of rotatable bonds is 4. The van der Waals surface area contributed by atoms with Crippen molar-refractivity contribution in [3.05, 3.63) is 83.6 Å². The molecule has 1 heterocycles. The fraction of sp³-hybridized carbons (Fsp3) is 0.190. The molecule has 27 heavy (non-hydrogen) atoms. The largest absolute Gasteiger partial charge is 0.465 e. The van der Waals surface area contributed by atoms with Crippen LogP contribution < -0.4 is 0 Å². The molecule has 0 spiro atoms. The molecule has 138 valence electrons. The van der Waals surface area contributed by atoms with Gasteiger partial charge in [0.15, 0.2) is 5.78 Å². The molecule has 1 aliphatic rings. The monoisotopic (exact) mass is 365 g/mol. The Morgan fingerprint density at radius 3 is 2.44 bits per heavy atom. The Kier molecular flexibility index (Phi) is 5.66. The normalized spacial score (nSPS) is 16.1. The lowest BCUT2D eigenvalue weighted by molar-refractivity contribution is -0.116. The van der Waals surface area contributed by atoms with E-state index in [1.54, 1.807) is 24.3 Å². The summed E-state index contributed by atoms with van der Waals surface area (Å²) in [5.41, 5.74) is 2.01. The average molecular weight is 365 g/mol. The molecular weight excluding hydrogens is 346 g/mol. The quantitative estimate of drug-likeness (QED) is 0.774. The van der Waals surface area contributed by atoms with E-state index in [4.69, 9.17) is 4.74 Å². The fourth-order valence-electron chi connectivity index (χ4n) is 2.84. The molecule has 1 amide bonds. The molecule has 1 unspecified atom stereocenters. The molecule has 6 heteroatoms. The molecular formula is C21H19NO5. The van der Waals surface area contributed by atoms with Crippen LogP contribution in [0.2, 0.25) is 0 Å². The summed E-state index contributed by atoms with van der Waals surface area (Å²) in [7, 11) is 1.31. The second-order valence-electron chi connectivity index (χ2n) is 6.06. The second kappa shape index (κ2) is 8.31. The van der Waals surface area contributed by atoms with Gasteiger partial charge in [-0.05, 0) is 29.3 Å². The highest BCUT2D eigenvalue weighted by Crippen LogP contribution is 2.29. The van der Waals surface area contributed by atoms with E-state index in [0.717, 1.165) is 11.1 Å². The van der Waals surface area contributed by atoms with Crippen molar-refractivity contribution in [2.75, 3.05) is 7.11 Å². The minimum absolute atomic E-state index is 0.0795. The van der Waals surface area contributed by atoms with Crippen molar-refractivity contribution in [2.45, 2.75) is 19.1 Å². The van der Waals surface area contributed by atoms with Gasteiger partial charge in [-0.15, -0.1) is 0 Å². The van der Waals surface area contributed by atoms with Crippen molar-refractivity contribution >= 4 is 17.8 Å². The van der Waals surface area contributed by atoms with Gasteiger partial charge in [-0.25, -0.2) is 9.59 Å². The van der Waals surface area contributed by atoms with Crippen LogP contribution in [0.4, 0.5) is 4.79 Å². The van der Waals surface area contributed by atoms with Gasteiger partial charge in [0.1, 0.15) is 6.61 Å². The van der Waals surface area contributed by atoms with Crippen LogP contribution >= 0.6 is 0 Å². The summed E-state index contributed by atoms with van der Waals surface area (Å²) >= 11 is 0. The fourth-order valence-corrected chi connectivity index (χ4v) is 2.84. The molecule has 1 aliphatic heterocycles. The lowest BCUT2D eigenvalue weighted by Gasteiger charge is -2.30. The molecule has 0 saturated heterocycles. The predicted octanol–water partition coefficient (Wildman–Crippen LogP) is 3.64. The Morgan fingerprint density at radius 1 is 1.07 bits per heavy atom. The summed E-state index contributed by atoms with van der Waals surface area (Å²) in [5.74, 6) is -0.524. The standard InChI is InChI=1S/C21H19NO5/c1-26-20(24)17-9-7-16(8-10-17)19-13-18(23)11-12-22(19)21(25)27-14-15-5-3-2-4-6-15/h2-12,19H,13-14H2,1H3. The van der Waals surface area contributed by atoms with Gasteiger partial charge in [-0.2, -0.15) is 0 Å². The van der Waals surface area contributed by atoms with E-state index in [2.05, 4.69) is 4.74 Å². The SMILES string of the molecule is COC(=O)c1ccc(C2CC(=O)C=CN2C(=O)OCc2ccccc2)cc1. The van der Waals surface area contributed by atoms with Crippen LogP contribution in [0.15, 0.2) is 66.9 Å². The van der Waals surface area contributed by atoms with Crippen LogP contribution in [-0.4, -0.2) is 29.9 Å². The number of hydrogen-bond donors (Lipinski definition) is 0. The van der Waals surface area contributed by atoms with E-state index in [-0.39, 0.29) is 18.8 Å². The number of methoxy groups -OCH3 is 1. The van der Waals surface area contributed by atoms with Crippen molar-refractivity contribution < 1.29 is 23.9 Å². The molecule has 2 aromatic rings. The summed E-state index contributed by atoms with van der Waals surface area (Å²) in [4.78, 5) is 37.4. The molecule has 0 bridgehead atoms. The molecule has 0 fully saturated rings. The highest BCUT2D eigenvalue weighted by Gasteiger charge is 2.29. The molecule has 0 radical (unpaired) electrons. The number of ketones is 1. The summed E-state index contributed by atoms with van der Waals surface area (Å²) in [5, 5.41) is 0. The van der Waals surface area contributed by atoms with E-state index in [0.29, 0.717) is 5.56 Å². The first-order chi connectivity index (χ1) is 13.1. The number of ether oxygens (including phenoxy) is 2. The molecule has 0 aromatic heterocycles. The maximum atomic E-state index is 12.6. The molecule has 6 nitrogen and oxygen atoms in total. The van der Waals surface area contributed by atoms with Crippen molar-refractivity contribution in [1.82, 2.24) is 4.90 Å². The lowest BCUT2D eigenvalue weighted by atomic mass is 9.97. The van der Waals surface area contributed by atoms with Crippen LogP contribution in [0.3, 0.4) is 0 Å². The highest BCUT2D eigenvalue weighted by atomic mass is 16.6. The van der Waals surface area contributed by atoms with Crippen molar-refractivity contribution in [1.29, 1.82) is 0 Å². The maximum Gasteiger partial charge on any atom is 0.414 e. The van der Waals surface area contributed by atoms with Crippen LogP contribution in [0.1, 0.15) is 33.9 Å². The molecule has 0 aliphatic carbocycles. The van der Waals surface area contributed by atoms with E-state index in [9.17, 15) is 14.4 Å². The maximum absolute atomic E-state index is 12.6. The molecule has 0 N–H and O–H groups in total. The minimum Gasteiger partial charge on any atom is -0.465 e. The predicted molar refractivity (Wildman–Crippen MR) is 97.8 cm³/mol. The molecule has 0 saturated carbocycles. The van der Waals surface area contributed by atoms with Crippen LogP contribution in [0.25, 0.3) is 0 Å². The summed E-state index contributed by atoms with van der Waals surface area (Å²) < 4.78 is 10.1. The van der Waals surface area contributed by atoms with Crippen molar-refractivity contribution in [2.24, 2.45) is 0 Å². The van der Waals surface area contributed by atoms with Gasteiger partial charge < -0.3 is 9.47 Å². The van der Waals surface area contributed by atoms with E-state index in [1.165, 1.54) is 24.3 Å². The first kappa shape index (κ1) is 18.4. The number of benzene rings is 2. The summed E-state index contributed by atoms with van der Waals surface area (Å²) in [6.07, 6.45) is 2.42.